The molecule has 0 unspecified atom stereocenters. The van der Waals surface area contributed by atoms with Gasteiger partial charge in [0.05, 0.1) is 29.0 Å². The van der Waals surface area contributed by atoms with Crippen LogP contribution < -0.4 is 4.74 Å². The van der Waals surface area contributed by atoms with Crippen LogP contribution in [0.2, 0.25) is 0 Å². The number of carbonyl (C=O) groups is 1. The number of allylic oxidation sites excluding steroid dienone is 2. The zero-order valence-electron chi connectivity index (χ0n) is 19.1. The topological polar surface area (TPSA) is 45.1 Å². The first-order valence-electron chi connectivity index (χ1n) is 11.1. The third kappa shape index (κ3) is 4.69. The van der Waals surface area contributed by atoms with Gasteiger partial charge in [-0.05, 0) is 57.2 Å². The second-order valence-corrected chi connectivity index (χ2v) is 9.23. The standard InChI is InChI=1S/C25H28ClF2N3O2/c1-14-12-31(13-21(14)24-29-15(2)23(26)16(3)30(24)4)25(32)20-10-7-18(28)11-22(20)33-19-8-5-17(27)6-9-19/h7,10-11,17,19H,1,5-6,8-9,12-13H2,2-4H3/b24-21-. The lowest BCUT2D eigenvalue weighted by Crippen LogP contribution is -2.30. The molecular weight excluding hydrogens is 448 g/mol. The highest BCUT2D eigenvalue weighted by molar-refractivity contribution is 6.43. The third-order valence-electron chi connectivity index (χ3n) is 6.52. The van der Waals surface area contributed by atoms with Gasteiger partial charge in [-0.3, -0.25) is 4.79 Å². The number of aliphatic imine (C=N–C) groups is 1. The summed E-state index contributed by atoms with van der Waals surface area (Å²) in [6, 6.07) is 3.93. The summed E-state index contributed by atoms with van der Waals surface area (Å²) in [6.45, 7) is 8.57. The Balaban J connectivity index is 1.58. The number of carbonyl (C=O) groups excluding carboxylic acids is 1. The lowest BCUT2D eigenvalue weighted by Gasteiger charge is -2.28. The summed E-state index contributed by atoms with van der Waals surface area (Å²) in [7, 11) is 1.88. The molecule has 1 aliphatic carbocycles. The van der Waals surface area contributed by atoms with Gasteiger partial charge in [-0.2, -0.15) is 0 Å². The van der Waals surface area contributed by atoms with Crippen LogP contribution in [0.3, 0.4) is 0 Å². The van der Waals surface area contributed by atoms with Gasteiger partial charge in [-0.25, -0.2) is 13.8 Å². The van der Waals surface area contributed by atoms with Gasteiger partial charge in [0, 0.05) is 30.9 Å². The fourth-order valence-corrected chi connectivity index (χ4v) is 4.61. The molecule has 33 heavy (non-hydrogen) atoms. The average Bonchev–Trinajstić information content (AvgIpc) is 3.17. The summed E-state index contributed by atoms with van der Waals surface area (Å²) < 4.78 is 33.5. The number of likely N-dealkylation sites (tertiary alicyclic amines) is 1. The van der Waals surface area contributed by atoms with Gasteiger partial charge in [0.2, 0.25) is 0 Å². The van der Waals surface area contributed by atoms with Crippen molar-refractivity contribution in [3.63, 3.8) is 0 Å². The quantitative estimate of drug-likeness (QED) is 0.572. The Labute approximate surface area is 198 Å². The molecule has 2 fully saturated rings. The number of nitrogens with zero attached hydrogens (tertiary/aromatic N) is 3. The number of halogens is 3. The molecule has 1 aromatic rings. The van der Waals surface area contributed by atoms with Crippen molar-refractivity contribution in [2.45, 2.75) is 51.8 Å². The van der Waals surface area contributed by atoms with E-state index in [2.05, 4.69) is 11.6 Å². The van der Waals surface area contributed by atoms with Crippen LogP contribution in [0.5, 0.6) is 5.75 Å². The normalized spacial score (nSPS) is 26.1. The smallest absolute Gasteiger partial charge is 0.258 e. The van der Waals surface area contributed by atoms with Gasteiger partial charge in [-0.1, -0.05) is 18.2 Å². The maximum atomic E-state index is 14.0. The molecule has 3 aliphatic rings. The van der Waals surface area contributed by atoms with Gasteiger partial charge >= 0.3 is 0 Å². The minimum atomic E-state index is -0.821. The molecule has 4 rings (SSSR count). The van der Waals surface area contributed by atoms with E-state index < -0.39 is 12.0 Å². The number of hydrogen-bond donors (Lipinski definition) is 0. The van der Waals surface area contributed by atoms with Crippen LogP contribution >= 0.6 is 11.6 Å². The van der Waals surface area contributed by atoms with Gasteiger partial charge in [0.15, 0.2) is 0 Å². The van der Waals surface area contributed by atoms with Crippen molar-refractivity contribution in [1.82, 2.24) is 9.80 Å². The number of alkyl halides is 1. The van der Waals surface area contributed by atoms with E-state index in [4.69, 9.17) is 16.3 Å². The molecular formula is C25H28ClF2N3O2. The van der Waals surface area contributed by atoms with E-state index >= 15 is 0 Å². The van der Waals surface area contributed by atoms with Crippen molar-refractivity contribution in [3.05, 3.63) is 63.9 Å². The summed E-state index contributed by atoms with van der Waals surface area (Å²) in [6.07, 6.45) is 0.861. The van der Waals surface area contributed by atoms with Crippen LogP contribution in [0.15, 0.2) is 57.5 Å². The monoisotopic (exact) mass is 475 g/mol. The zero-order valence-corrected chi connectivity index (χ0v) is 19.9. The SMILES string of the molecule is C=C1CN(C(=O)c2ccc(F)cc2OC2CCC(F)CC2)C/C1=C1\N=C(C)C(Cl)=C(C)N1C. The minimum Gasteiger partial charge on any atom is -0.489 e. The Morgan fingerprint density at radius 1 is 1.21 bits per heavy atom. The van der Waals surface area contributed by atoms with Crippen LogP contribution in [-0.4, -0.2) is 53.8 Å². The molecule has 1 amide bonds. The molecule has 0 N–H and O–H groups in total. The number of ether oxygens (including phenoxy) is 1. The fraction of sp³-hybridized carbons (Fsp3) is 0.440. The lowest BCUT2D eigenvalue weighted by atomic mass is 9.96. The molecule has 1 saturated carbocycles. The van der Waals surface area contributed by atoms with E-state index in [1.807, 2.05) is 25.8 Å². The first kappa shape index (κ1) is 23.5. The number of benzene rings is 1. The van der Waals surface area contributed by atoms with Crippen molar-refractivity contribution >= 4 is 23.2 Å². The molecule has 8 heteroatoms. The Hall–Kier alpha value is -2.67. The van der Waals surface area contributed by atoms with Crippen molar-refractivity contribution in [2.75, 3.05) is 20.1 Å². The van der Waals surface area contributed by atoms with E-state index in [9.17, 15) is 13.6 Å². The van der Waals surface area contributed by atoms with Crippen LogP contribution in [-0.2, 0) is 0 Å². The van der Waals surface area contributed by atoms with Crippen LogP contribution in [0.4, 0.5) is 8.78 Å². The summed E-state index contributed by atoms with van der Waals surface area (Å²) in [5.41, 5.74) is 3.53. The molecule has 1 saturated heterocycles. The molecule has 176 valence electrons. The summed E-state index contributed by atoms with van der Waals surface area (Å²) in [5, 5.41) is 0.605. The summed E-state index contributed by atoms with van der Waals surface area (Å²) in [5.74, 6) is 0.157. The van der Waals surface area contributed by atoms with Gasteiger partial charge < -0.3 is 14.5 Å². The Bertz CT molecular complexity index is 1090. The van der Waals surface area contributed by atoms with Crippen LogP contribution in [0.25, 0.3) is 0 Å². The van der Waals surface area contributed by atoms with Gasteiger partial charge in [-0.15, -0.1) is 0 Å². The van der Waals surface area contributed by atoms with Crippen LogP contribution in [0.1, 0.15) is 49.9 Å². The molecule has 1 aromatic carbocycles. The second-order valence-electron chi connectivity index (χ2n) is 8.85. The minimum absolute atomic E-state index is 0.197. The third-order valence-corrected chi connectivity index (χ3v) is 7.06. The lowest BCUT2D eigenvalue weighted by molar-refractivity contribution is 0.0781. The Morgan fingerprint density at radius 2 is 1.91 bits per heavy atom. The highest BCUT2D eigenvalue weighted by atomic mass is 35.5. The van der Waals surface area contributed by atoms with Crippen LogP contribution in [0, 0.1) is 5.82 Å². The van der Waals surface area contributed by atoms with Crippen molar-refractivity contribution in [2.24, 2.45) is 4.99 Å². The maximum Gasteiger partial charge on any atom is 0.258 e. The van der Waals surface area contributed by atoms with E-state index in [-0.39, 0.29) is 23.3 Å². The van der Waals surface area contributed by atoms with Crippen molar-refractivity contribution in [3.8, 4) is 5.75 Å². The molecule has 2 heterocycles. The first-order valence-corrected chi connectivity index (χ1v) is 11.5. The zero-order chi connectivity index (χ0) is 23.9. The molecule has 2 aliphatic heterocycles. The molecule has 0 spiro atoms. The Kier molecular flexibility index (Phi) is 6.61. The molecule has 0 atom stereocenters. The second kappa shape index (κ2) is 9.29. The number of amides is 1. The summed E-state index contributed by atoms with van der Waals surface area (Å²) in [4.78, 5) is 21.6. The van der Waals surface area contributed by atoms with E-state index in [1.165, 1.54) is 18.2 Å². The van der Waals surface area contributed by atoms with Gasteiger partial charge in [0.1, 0.15) is 23.6 Å². The molecule has 0 aromatic heterocycles. The van der Waals surface area contributed by atoms with Crippen molar-refractivity contribution < 1.29 is 18.3 Å². The Morgan fingerprint density at radius 3 is 2.61 bits per heavy atom. The molecule has 5 nitrogen and oxygen atoms in total. The average molecular weight is 476 g/mol. The van der Waals surface area contributed by atoms with E-state index in [0.717, 1.165) is 16.8 Å². The first-order chi connectivity index (χ1) is 15.7. The molecule has 0 radical (unpaired) electrons. The van der Waals surface area contributed by atoms with Crippen molar-refractivity contribution in [1.29, 1.82) is 0 Å². The largest absolute Gasteiger partial charge is 0.489 e. The number of hydrogen-bond acceptors (Lipinski definition) is 4. The maximum absolute atomic E-state index is 14.0. The van der Waals surface area contributed by atoms with E-state index in [1.54, 1.807) is 4.90 Å². The summed E-state index contributed by atoms with van der Waals surface area (Å²) >= 11 is 6.33. The fourth-order valence-electron chi connectivity index (χ4n) is 4.44. The van der Waals surface area contributed by atoms with Gasteiger partial charge in [0.25, 0.3) is 5.91 Å². The van der Waals surface area contributed by atoms with E-state index in [0.29, 0.717) is 55.3 Å². The predicted molar refractivity (Wildman–Crippen MR) is 126 cm³/mol. The highest BCUT2D eigenvalue weighted by Gasteiger charge is 2.33. The molecule has 0 bridgehead atoms. The number of rotatable bonds is 3. The predicted octanol–water partition coefficient (Wildman–Crippen LogP) is 5.59. The highest BCUT2D eigenvalue weighted by Crippen LogP contribution is 2.34.